The third kappa shape index (κ3) is 4.40. The fourth-order valence-electron chi connectivity index (χ4n) is 1.82. The molecule has 2 N–H and O–H groups in total. The summed E-state index contributed by atoms with van der Waals surface area (Å²) < 4.78 is 10.2. The van der Waals surface area contributed by atoms with Crippen LogP contribution in [0.3, 0.4) is 0 Å². The number of nitrogens with one attached hydrogen (secondary N) is 2. The molecule has 0 aliphatic carbocycles. The van der Waals surface area contributed by atoms with E-state index in [0.717, 1.165) is 6.42 Å². The lowest BCUT2D eigenvalue weighted by atomic mass is 10.3. The van der Waals surface area contributed by atoms with Crippen molar-refractivity contribution in [3.63, 3.8) is 0 Å². The molecule has 0 saturated carbocycles. The molecule has 0 bridgehead atoms. The number of hydrogen-bond donors (Lipinski definition) is 2. The third-order valence-corrected chi connectivity index (χ3v) is 2.87. The molecular weight excluding hydrogens is 276 g/mol. The maximum atomic E-state index is 10.7. The van der Waals surface area contributed by atoms with E-state index >= 15 is 0 Å². The summed E-state index contributed by atoms with van der Waals surface area (Å²) in [4.78, 5) is 17.6. The smallest absolute Gasteiger partial charge is 0.271 e. The van der Waals surface area contributed by atoms with Crippen molar-refractivity contribution >= 4 is 22.7 Å². The molecule has 114 valence electrons. The topological polar surface area (TPSA) is 102 Å². The number of nitro benzene ring substituents is 1. The molecular formula is C13H18N4O4. The number of hydrogen-bond acceptors (Lipinski definition) is 6. The molecule has 0 amide bonds. The van der Waals surface area contributed by atoms with Crippen LogP contribution in [-0.4, -0.2) is 48.4 Å². The Morgan fingerprint density at radius 3 is 3.00 bits per heavy atom. The van der Waals surface area contributed by atoms with Gasteiger partial charge < -0.3 is 19.8 Å². The second-order valence-corrected chi connectivity index (χ2v) is 4.43. The van der Waals surface area contributed by atoms with Gasteiger partial charge in [0.2, 0.25) is 5.95 Å². The first-order chi connectivity index (χ1) is 10.2. The van der Waals surface area contributed by atoms with E-state index in [9.17, 15) is 10.1 Å². The van der Waals surface area contributed by atoms with Gasteiger partial charge >= 0.3 is 0 Å². The van der Waals surface area contributed by atoms with Crippen LogP contribution < -0.4 is 5.32 Å². The number of benzene rings is 1. The molecule has 1 aromatic carbocycles. The molecule has 0 unspecified atom stereocenters. The molecule has 0 fully saturated rings. The molecule has 0 spiro atoms. The van der Waals surface area contributed by atoms with E-state index < -0.39 is 4.92 Å². The zero-order valence-electron chi connectivity index (χ0n) is 11.8. The number of fused-ring (bicyclic) bond motifs is 1. The molecule has 8 heteroatoms. The van der Waals surface area contributed by atoms with Gasteiger partial charge in [-0.3, -0.25) is 10.1 Å². The molecule has 2 aromatic rings. The summed E-state index contributed by atoms with van der Waals surface area (Å²) in [7, 11) is 1.64. The predicted molar refractivity (Wildman–Crippen MR) is 78.5 cm³/mol. The SMILES string of the molecule is COCCOCCCNc1nc2ccc([N+](=O)[O-])cc2[nH]1. The number of anilines is 1. The first-order valence-corrected chi connectivity index (χ1v) is 6.65. The number of aromatic amines is 1. The lowest BCUT2D eigenvalue weighted by Gasteiger charge is -2.04. The van der Waals surface area contributed by atoms with E-state index in [1.165, 1.54) is 12.1 Å². The van der Waals surface area contributed by atoms with Crippen molar-refractivity contribution in [3.05, 3.63) is 28.3 Å². The summed E-state index contributed by atoms with van der Waals surface area (Å²) >= 11 is 0. The van der Waals surface area contributed by atoms with Gasteiger partial charge in [-0.15, -0.1) is 0 Å². The van der Waals surface area contributed by atoms with Crippen LogP contribution in [-0.2, 0) is 9.47 Å². The summed E-state index contributed by atoms with van der Waals surface area (Å²) in [6, 6.07) is 4.54. The number of rotatable bonds is 9. The summed E-state index contributed by atoms with van der Waals surface area (Å²) in [6.45, 7) is 2.53. The second-order valence-electron chi connectivity index (χ2n) is 4.43. The molecule has 0 aliphatic rings. The van der Waals surface area contributed by atoms with Crippen LogP contribution in [0.4, 0.5) is 11.6 Å². The lowest BCUT2D eigenvalue weighted by molar-refractivity contribution is -0.384. The highest BCUT2D eigenvalue weighted by molar-refractivity contribution is 5.79. The molecule has 2 rings (SSSR count). The van der Waals surface area contributed by atoms with Crippen LogP contribution in [0, 0.1) is 10.1 Å². The molecule has 8 nitrogen and oxygen atoms in total. The standard InChI is InChI=1S/C13H18N4O4/c1-20-7-8-21-6-2-5-14-13-15-11-4-3-10(17(18)19)9-12(11)16-13/h3-4,9H,2,5-8H2,1H3,(H2,14,15,16). The zero-order valence-corrected chi connectivity index (χ0v) is 11.8. The Kier molecular flexibility index (Phi) is 5.47. The molecule has 0 atom stereocenters. The Morgan fingerprint density at radius 2 is 2.24 bits per heavy atom. The number of H-pyrrole nitrogens is 1. The fraction of sp³-hybridized carbons (Fsp3) is 0.462. The maximum Gasteiger partial charge on any atom is 0.271 e. The Bertz CT molecular complexity index is 599. The van der Waals surface area contributed by atoms with Gasteiger partial charge in [0, 0.05) is 32.4 Å². The van der Waals surface area contributed by atoms with Crippen molar-refractivity contribution in [1.29, 1.82) is 0 Å². The summed E-state index contributed by atoms with van der Waals surface area (Å²) in [5.41, 5.74) is 1.38. The second kappa shape index (κ2) is 7.55. The Hall–Kier alpha value is -2.19. The minimum absolute atomic E-state index is 0.0456. The van der Waals surface area contributed by atoms with Crippen molar-refractivity contribution in [2.24, 2.45) is 0 Å². The van der Waals surface area contributed by atoms with Crippen LogP contribution in [0.1, 0.15) is 6.42 Å². The predicted octanol–water partition coefficient (Wildman–Crippen LogP) is 1.94. The van der Waals surface area contributed by atoms with Gasteiger partial charge in [0.15, 0.2) is 0 Å². The van der Waals surface area contributed by atoms with Crippen LogP contribution in [0.15, 0.2) is 18.2 Å². The first kappa shape index (κ1) is 15.2. The van der Waals surface area contributed by atoms with Gasteiger partial charge in [0.25, 0.3) is 5.69 Å². The zero-order chi connectivity index (χ0) is 15.1. The number of aromatic nitrogens is 2. The highest BCUT2D eigenvalue weighted by Gasteiger charge is 2.09. The Morgan fingerprint density at radius 1 is 1.38 bits per heavy atom. The fourth-order valence-corrected chi connectivity index (χ4v) is 1.82. The first-order valence-electron chi connectivity index (χ1n) is 6.65. The van der Waals surface area contributed by atoms with Crippen molar-refractivity contribution in [1.82, 2.24) is 9.97 Å². The minimum Gasteiger partial charge on any atom is -0.382 e. The average molecular weight is 294 g/mol. The summed E-state index contributed by atoms with van der Waals surface area (Å²) in [5, 5.41) is 13.8. The van der Waals surface area contributed by atoms with E-state index in [2.05, 4.69) is 15.3 Å². The van der Waals surface area contributed by atoms with E-state index in [-0.39, 0.29) is 5.69 Å². The van der Waals surface area contributed by atoms with Crippen molar-refractivity contribution in [3.8, 4) is 0 Å². The molecule has 0 radical (unpaired) electrons. The van der Waals surface area contributed by atoms with Crippen LogP contribution in [0.2, 0.25) is 0 Å². The molecule has 0 aliphatic heterocycles. The summed E-state index contributed by atoms with van der Waals surface area (Å²) in [5.74, 6) is 0.599. The van der Waals surface area contributed by atoms with E-state index in [1.807, 2.05) is 0 Å². The maximum absolute atomic E-state index is 10.7. The highest BCUT2D eigenvalue weighted by atomic mass is 16.6. The lowest BCUT2D eigenvalue weighted by Crippen LogP contribution is -2.08. The van der Waals surface area contributed by atoms with E-state index in [0.29, 0.717) is 43.3 Å². The van der Waals surface area contributed by atoms with E-state index in [1.54, 1.807) is 13.2 Å². The number of nitrogens with zero attached hydrogens (tertiary/aromatic N) is 2. The van der Waals surface area contributed by atoms with Gasteiger partial charge in [0.05, 0.1) is 29.2 Å². The third-order valence-electron chi connectivity index (χ3n) is 2.87. The van der Waals surface area contributed by atoms with Gasteiger partial charge in [0.1, 0.15) is 0 Å². The van der Waals surface area contributed by atoms with Crippen molar-refractivity contribution < 1.29 is 14.4 Å². The van der Waals surface area contributed by atoms with Crippen LogP contribution in [0.5, 0.6) is 0 Å². The summed E-state index contributed by atoms with van der Waals surface area (Å²) in [6.07, 6.45) is 0.834. The molecule has 1 aromatic heterocycles. The number of non-ortho nitro benzene ring substituents is 1. The molecule has 21 heavy (non-hydrogen) atoms. The van der Waals surface area contributed by atoms with Gasteiger partial charge in [-0.1, -0.05) is 0 Å². The van der Waals surface area contributed by atoms with Gasteiger partial charge in [-0.2, -0.15) is 0 Å². The van der Waals surface area contributed by atoms with Gasteiger partial charge in [-0.05, 0) is 12.5 Å². The monoisotopic (exact) mass is 294 g/mol. The average Bonchev–Trinajstić information content (AvgIpc) is 2.88. The quantitative estimate of drug-likeness (QED) is 0.416. The van der Waals surface area contributed by atoms with Crippen LogP contribution in [0.25, 0.3) is 11.0 Å². The molecule has 0 saturated heterocycles. The van der Waals surface area contributed by atoms with Crippen molar-refractivity contribution in [2.75, 3.05) is 38.8 Å². The van der Waals surface area contributed by atoms with Crippen molar-refractivity contribution in [2.45, 2.75) is 6.42 Å². The number of methoxy groups -OCH3 is 1. The largest absolute Gasteiger partial charge is 0.382 e. The number of nitro groups is 1. The van der Waals surface area contributed by atoms with Gasteiger partial charge in [-0.25, -0.2) is 4.98 Å². The molecule has 1 heterocycles. The van der Waals surface area contributed by atoms with Crippen LogP contribution >= 0.6 is 0 Å². The number of ether oxygens (including phenoxy) is 2. The minimum atomic E-state index is -0.426. The normalized spacial score (nSPS) is 10.9. The highest BCUT2D eigenvalue weighted by Crippen LogP contribution is 2.20. The number of imidazole rings is 1. The Labute approximate surface area is 121 Å². The Balaban J connectivity index is 1.81. The van der Waals surface area contributed by atoms with E-state index in [4.69, 9.17) is 9.47 Å².